The number of carbonyl (C=O) groups excluding carboxylic acids is 1. The van der Waals surface area contributed by atoms with Gasteiger partial charge in [-0.15, -0.1) is 0 Å². The van der Waals surface area contributed by atoms with Crippen LogP contribution in [0, 0.1) is 0 Å². The van der Waals surface area contributed by atoms with Crippen molar-refractivity contribution in [3.63, 3.8) is 0 Å². The fraction of sp³-hybridized carbons (Fsp3) is 0.250. The fourth-order valence-electron chi connectivity index (χ4n) is 2.32. The molecule has 0 atom stereocenters. The first-order valence-electron chi connectivity index (χ1n) is 7.15. The van der Waals surface area contributed by atoms with Crippen molar-refractivity contribution in [3.05, 3.63) is 59.2 Å². The number of nitrogens with zero attached hydrogens (tertiary/aromatic N) is 2. The first kappa shape index (κ1) is 14.7. The average molecular weight is 317 g/mol. The Balaban J connectivity index is 1.39. The van der Waals surface area contributed by atoms with Crippen LogP contribution in [0.4, 0.5) is 10.6 Å². The third kappa shape index (κ3) is 3.68. The summed E-state index contributed by atoms with van der Waals surface area (Å²) in [7, 11) is 0. The molecular formula is C16H17ClN4O. The number of benzene rings is 1. The molecule has 1 aromatic carbocycles. The summed E-state index contributed by atoms with van der Waals surface area (Å²) in [6.45, 7) is 2.05. The predicted molar refractivity (Wildman–Crippen MR) is 87.1 cm³/mol. The molecule has 3 rings (SSSR count). The lowest BCUT2D eigenvalue weighted by Crippen LogP contribution is -2.61. The lowest BCUT2D eigenvalue weighted by atomic mass is 10.1. The highest BCUT2D eigenvalue weighted by Gasteiger charge is 2.28. The number of carbonyl (C=O) groups is 1. The van der Waals surface area contributed by atoms with E-state index in [1.165, 1.54) is 0 Å². The molecule has 1 aromatic heterocycles. The molecule has 1 aliphatic heterocycles. The lowest BCUT2D eigenvalue weighted by molar-refractivity contribution is 0.233. The van der Waals surface area contributed by atoms with Crippen molar-refractivity contribution in [3.8, 4) is 0 Å². The van der Waals surface area contributed by atoms with Gasteiger partial charge in [-0.25, -0.2) is 9.78 Å². The zero-order valence-corrected chi connectivity index (χ0v) is 12.8. The number of urea groups is 1. The molecule has 2 amide bonds. The minimum absolute atomic E-state index is 0.152. The topological polar surface area (TPSA) is 57.3 Å². The van der Waals surface area contributed by atoms with Gasteiger partial charge in [0.2, 0.25) is 0 Å². The number of anilines is 1. The molecule has 5 nitrogen and oxygen atoms in total. The number of amides is 2. The van der Waals surface area contributed by atoms with E-state index in [2.05, 4.69) is 20.5 Å². The molecule has 6 heteroatoms. The molecule has 0 spiro atoms. The first-order chi connectivity index (χ1) is 10.7. The zero-order valence-electron chi connectivity index (χ0n) is 12.0. The van der Waals surface area contributed by atoms with Crippen molar-refractivity contribution in [1.82, 2.24) is 15.6 Å². The van der Waals surface area contributed by atoms with E-state index in [0.29, 0.717) is 11.6 Å². The van der Waals surface area contributed by atoms with Gasteiger partial charge in [0.05, 0.1) is 6.04 Å². The minimum atomic E-state index is -0.152. The summed E-state index contributed by atoms with van der Waals surface area (Å²) in [6.07, 6.45) is 1.77. The molecule has 2 N–H and O–H groups in total. The Hall–Kier alpha value is -2.27. The normalized spacial score (nSPS) is 14.3. The Bertz CT molecular complexity index is 626. The van der Waals surface area contributed by atoms with E-state index in [0.717, 1.165) is 24.5 Å². The summed E-state index contributed by atoms with van der Waals surface area (Å²) < 4.78 is 0. The van der Waals surface area contributed by atoms with Crippen LogP contribution in [0.5, 0.6) is 0 Å². The summed E-state index contributed by atoms with van der Waals surface area (Å²) in [6, 6.07) is 13.2. The second-order valence-electron chi connectivity index (χ2n) is 5.24. The van der Waals surface area contributed by atoms with Gasteiger partial charge >= 0.3 is 6.03 Å². The number of rotatable bonds is 4. The predicted octanol–water partition coefficient (Wildman–Crippen LogP) is 2.42. The van der Waals surface area contributed by atoms with Crippen LogP contribution in [-0.4, -0.2) is 30.1 Å². The Morgan fingerprint density at radius 2 is 2.00 bits per heavy atom. The van der Waals surface area contributed by atoms with Crippen molar-refractivity contribution in [2.45, 2.75) is 12.6 Å². The molecular weight excluding hydrogens is 300 g/mol. The van der Waals surface area contributed by atoms with Crippen LogP contribution < -0.4 is 15.5 Å². The highest BCUT2D eigenvalue weighted by Crippen LogP contribution is 2.17. The fourth-order valence-corrected chi connectivity index (χ4v) is 2.44. The summed E-state index contributed by atoms with van der Waals surface area (Å²) in [5, 5.41) is 6.49. The average Bonchev–Trinajstić information content (AvgIpc) is 2.51. The van der Waals surface area contributed by atoms with Crippen LogP contribution in [0.25, 0.3) is 0 Å². The molecule has 0 saturated carbocycles. The molecule has 0 unspecified atom stereocenters. The van der Waals surface area contributed by atoms with Crippen molar-refractivity contribution >= 4 is 23.4 Å². The maximum Gasteiger partial charge on any atom is 0.315 e. The minimum Gasteiger partial charge on any atom is -0.352 e. The van der Waals surface area contributed by atoms with E-state index in [4.69, 9.17) is 11.6 Å². The maximum absolute atomic E-state index is 11.8. The van der Waals surface area contributed by atoms with Gasteiger partial charge in [0.1, 0.15) is 5.82 Å². The van der Waals surface area contributed by atoms with Crippen LogP contribution in [0.15, 0.2) is 48.7 Å². The second kappa shape index (κ2) is 6.66. The Morgan fingerprint density at radius 1 is 1.23 bits per heavy atom. The molecule has 0 aliphatic carbocycles. The molecule has 0 radical (unpaired) electrons. The molecule has 1 fully saturated rings. The first-order valence-corrected chi connectivity index (χ1v) is 7.53. The summed E-state index contributed by atoms with van der Waals surface area (Å²) in [5.41, 5.74) is 1.02. The van der Waals surface area contributed by atoms with Crippen LogP contribution >= 0.6 is 11.6 Å². The van der Waals surface area contributed by atoms with E-state index in [1.54, 1.807) is 6.20 Å². The van der Waals surface area contributed by atoms with Crippen molar-refractivity contribution in [2.75, 3.05) is 18.0 Å². The van der Waals surface area contributed by atoms with Gasteiger partial charge < -0.3 is 15.5 Å². The third-order valence-corrected chi connectivity index (χ3v) is 3.81. The summed E-state index contributed by atoms with van der Waals surface area (Å²) in [5.74, 6) is 0.946. The highest BCUT2D eigenvalue weighted by molar-refractivity contribution is 6.30. The number of nitrogens with one attached hydrogen (secondary N) is 2. The van der Waals surface area contributed by atoms with E-state index in [1.807, 2.05) is 42.5 Å². The SMILES string of the molecule is O=C(NCc1ccc(Cl)cc1)NC1CN(c2ccccn2)C1. The smallest absolute Gasteiger partial charge is 0.315 e. The molecule has 2 heterocycles. The molecule has 1 saturated heterocycles. The zero-order chi connectivity index (χ0) is 15.4. The molecule has 0 bridgehead atoms. The Kier molecular flexibility index (Phi) is 4.44. The van der Waals surface area contributed by atoms with Crippen LogP contribution in [0.2, 0.25) is 5.02 Å². The second-order valence-corrected chi connectivity index (χ2v) is 5.68. The monoisotopic (exact) mass is 316 g/mol. The molecule has 2 aromatic rings. The van der Waals surface area contributed by atoms with Crippen molar-refractivity contribution < 1.29 is 4.79 Å². The van der Waals surface area contributed by atoms with E-state index >= 15 is 0 Å². The van der Waals surface area contributed by atoms with Gasteiger partial charge in [-0.3, -0.25) is 0 Å². The van der Waals surface area contributed by atoms with E-state index in [9.17, 15) is 4.79 Å². The van der Waals surface area contributed by atoms with Gasteiger partial charge in [-0.05, 0) is 29.8 Å². The number of hydrogen-bond acceptors (Lipinski definition) is 3. The van der Waals surface area contributed by atoms with Crippen LogP contribution in [0.3, 0.4) is 0 Å². The summed E-state index contributed by atoms with van der Waals surface area (Å²) >= 11 is 5.82. The molecule has 114 valence electrons. The standard InChI is InChI=1S/C16H17ClN4O/c17-13-6-4-12(5-7-13)9-19-16(22)20-14-10-21(11-14)15-3-1-2-8-18-15/h1-8,14H,9-11H2,(H2,19,20,22). The lowest BCUT2D eigenvalue weighted by Gasteiger charge is -2.40. The number of pyridine rings is 1. The Labute approximate surface area is 134 Å². The van der Waals surface area contributed by atoms with Gasteiger partial charge in [-0.1, -0.05) is 29.8 Å². The van der Waals surface area contributed by atoms with Crippen molar-refractivity contribution in [2.24, 2.45) is 0 Å². The number of aromatic nitrogens is 1. The van der Waals surface area contributed by atoms with Crippen molar-refractivity contribution in [1.29, 1.82) is 0 Å². The largest absolute Gasteiger partial charge is 0.352 e. The molecule has 22 heavy (non-hydrogen) atoms. The van der Waals surface area contributed by atoms with Gasteiger partial charge in [-0.2, -0.15) is 0 Å². The Morgan fingerprint density at radius 3 is 2.68 bits per heavy atom. The third-order valence-electron chi connectivity index (χ3n) is 3.56. The molecule has 1 aliphatic rings. The highest BCUT2D eigenvalue weighted by atomic mass is 35.5. The number of hydrogen-bond donors (Lipinski definition) is 2. The van der Waals surface area contributed by atoms with Gasteiger partial charge in [0.25, 0.3) is 0 Å². The quantitative estimate of drug-likeness (QED) is 0.911. The van der Waals surface area contributed by atoms with E-state index < -0.39 is 0 Å². The summed E-state index contributed by atoms with van der Waals surface area (Å²) in [4.78, 5) is 18.3. The maximum atomic E-state index is 11.8. The van der Waals surface area contributed by atoms with Crippen LogP contribution in [0.1, 0.15) is 5.56 Å². The van der Waals surface area contributed by atoms with Gasteiger partial charge in [0, 0.05) is 30.9 Å². The van der Waals surface area contributed by atoms with E-state index in [-0.39, 0.29) is 12.1 Å². The number of halogens is 1. The van der Waals surface area contributed by atoms with Crippen LogP contribution in [-0.2, 0) is 6.54 Å². The van der Waals surface area contributed by atoms with Gasteiger partial charge in [0.15, 0.2) is 0 Å².